The lowest BCUT2D eigenvalue weighted by Gasteiger charge is -2.43. The summed E-state index contributed by atoms with van der Waals surface area (Å²) in [5, 5.41) is 2.04. The molecule has 1 saturated carbocycles. The van der Waals surface area contributed by atoms with E-state index >= 15 is 13.2 Å². The molecular weight excluding hydrogens is 497 g/mol. The van der Waals surface area contributed by atoms with Crippen molar-refractivity contribution in [1.29, 1.82) is 0 Å². The van der Waals surface area contributed by atoms with Gasteiger partial charge in [0.05, 0.1) is 11.7 Å². The van der Waals surface area contributed by atoms with Crippen molar-refractivity contribution in [3.8, 4) is 5.75 Å². The van der Waals surface area contributed by atoms with Crippen molar-refractivity contribution in [2.24, 2.45) is 17.3 Å². The minimum atomic E-state index is -5.23. The molecule has 38 heavy (non-hydrogen) atoms. The van der Waals surface area contributed by atoms with E-state index in [4.69, 9.17) is 4.74 Å². The van der Waals surface area contributed by atoms with Crippen molar-refractivity contribution >= 4 is 17.6 Å². The molecule has 1 heterocycles. The molecule has 9 heteroatoms. The molecule has 1 aromatic rings. The van der Waals surface area contributed by atoms with Gasteiger partial charge < -0.3 is 15.0 Å². The fourth-order valence-corrected chi connectivity index (χ4v) is 6.25. The lowest BCUT2D eigenvalue weighted by molar-refractivity contribution is -0.192. The van der Waals surface area contributed by atoms with Gasteiger partial charge in [0.15, 0.2) is 5.78 Å². The highest BCUT2D eigenvalue weighted by molar-refractivity contribution is 6.14. The third kappa shape index (κ3) is 4.73. The highest BCUT2D eigenvalue weighted by Gasteiger charge is 2.72. The number of halogens is 3. The Morgan fingerprint density at radius 3 is 2.29 bits per heavy atom. The summed E-state index contributed by atoms with van der Waals surface area (Å²) in [6.45, 7) is 11.3. The summed E-state index contributed by atoms with van der Waals surface area (Å²) in [6, 6.07) is 5.19. The van der Waals surface area contributed by atoms with Crippen molar-refractivity contribution in [2.45, 2.75) is 97.5 Å². The van der Waals surface area contributed by atoms with Crippen LogP contribution in [-0.4, -0.2) is 46.4 Å². The van der Waals surface area contributed by atoms with Gasteiger partial charge in [-0.05, 0) is 68.2 Å². The highest BCUT2D eigenvalue weighted by Crippen LogP contribution is 2.54. The van der Waals surface area contributed by atoms with Gasteiger partial charge in [-0.25, -0.2) is 0 Å². The zero-order valence-corrected chi connectivity index (χ0v) is 22.9. The van der Waals surface area contributed by atoms with Crippen molar-refractivity contribution in [2.75, 3.05) is 0 Å². The average molecular weight is 535 g/mol. The molecule has 0 aromatic heterocycles. The van der Waals surface area contributed by atoms with Gasteiger partial charge >= 0.3 is 6.18 Å². The number of carbonyl (C=O) groups is 3. The number of benzene rings is 1. The summed E-state index contributed by atoms with van der Waals surface area (Å²) < 4.78 is 51.0. The molecule has 208 valence electrons. The van der Waals surface area contributed by atoms with Crippen LogP contribution in [0.25, 0.3) is 0 Å². The van der Waals surface area contributed by atoms with Crippen LogP contribution in [0, 0.1) is 17.3 Å². The number of nitrogens with one attached hydrogen (secondary N) is 1. The van der Waals surface area contributed by atoms with Crippen LogP contribution in [0.3, 0.4) is 0 Å². The minimum absolute atomic E-state index is 0.0603. The molecule has 6 nitrogen and oxygen atoms in total. The summed E-state index contributed by atoms with van der Waals surface area (Å²) >= 11 is 0. The van der Waals surface area contributed by atoms with Crippen LogP contribution in [-0.2, 0) is 9.59 Å². The second-order valence-corrected chi connectivity index (χ2v) is 12.2. The smallest absolute Gasteiger partial charge is 0.425 e. The number of Topliss-reactive ketones (excluding diaryl/α,β-unsaturated/α-hetero) is 1. The van der Waals surface area contributed by atoms with Gasteiger partial charge in [-0.1, -0.05) is 40.5 Å². The van der Waals surface area contributed by atoms with Crippen LogP contribution in [0.4, 0.5) is 13.2 Å². The largest absolute Gasteiger partial charge is 0.491 e. The van der Waals surface area contributed by atoms with Gasteiger partial charge in [0, 0.05) is 23.7 Å². The molecule has 0 spiro atoms. The Morgan fingerprint density at radius 2 is 1.71 bits per heavy atom. The van der Waals surface area contributed by atoms with Crippen LogP contribution < -0.4 is 10.1 Å². The first-order chi connectivity index (χ1) is 17.6. The number of ketones is 1. The Hall–Kier alpha value is -2.84. The first kappa shape index (κ1) is 28.2. The molecule has 1 N–H and O–H groups in total. The van der Waals surface area contributed by atoms with Gasteiger partial charge in [-0.15, -0.1) is 0 Å². The average Bonchev–Trinajstić information content (AvgIpc) is 3.03. The van der Waals surface area contributed by atoms with Crippen LogP contribution in [0.1, 0.15) is 84.0 Å². The highest BCUT2D eigenvalue weighted by atomic mass is 19.4. The zero-order valence-electron chi connectivity index (χ0n) is 22.9. The lowest BCUT2D eigenvalue weighted by atomic mass is 9.72. The zero-order chi connectivity index (χ0) is 28.2. The van der Waals surface area contributed by atoms with E-state index in [-0.39, 0.29) is 42.0 Å². The van der Waals surface area contributed by atoms with Crippen molar-refractivity contribution in [3.05, 3.63) is 41.1 Å². The van der Waals surface area contributed by atoms with E-state index in [2.05, 4.69) is 0 Å². The van der Waals surface area contributed by atoms with Crippen LogP contribution in [0.5, 0.6) is 5.75 Å². The van der Waals surface area contributed by atoms with Gasteiger partial charge in [0.1, 0.15) is 5.75 Å². The van der Waals surface area contributed by atoms with Crippen LogP contribution >= 0.6 is 0 Å². The molecule has 2 aliphatic carbocycles. The van der Waals surface area contributed by atoms with Gasteiger partial charge in [-0.3, -0.25) is 14.4 Å². The van der Waals surface area contributed by atoms with E-state index in [1.54, 1.807) is 0 Å². The second-order valence-electron chi connectivity index (χ2n) is 12.2. The fraction of sp³-hybridized carbons (Fsp3) is 0.621. The Labute approximate surface area is 222 Å². The van der Waals surface area contributed by atoms with Gasteiger partial charge in [0.2, 0.25) is 5.54 Å². The number of carbonyl (C=O) groups excluding carboxylic acids is 3. The standard InChI is InChI=1S/C29H37F3N2O4/c1-16(2)38-20-12-10-19(11-13-20)25(36)33-28(29(30,31)32)24-22(14-27(5,6)15-23(24)35)34(26(28)37)21-9-7-8-17(3)18(21)4/h10-13,16-18,21H,7-9,14-15H2,1-6H3,(H,33,36). The summed E-state index contributed by atoms with van der Waals surface area (Å²) in [6.07, 6.45) is -3.10. The number of nitrogens with zero attached hydrogens (tertiary/aromatic N) is 1. The summed E-state index contributed by atoms with van der Waals surface area (Å²) in [5.41, 5.74) is -4.62. The van der Waals surface area contributed by atoms with E-state index in [0.29, 0.717) is 12.2 Å². The third-order valence-corrected chi connectivity index (χ3v) is 8.27. The predicted octanol–water partition coefficient (Wildman–Crippen LogP) is 5.81. The number of amides is 2. The summed E-state index contributed by atoms with van der Waals surface area (Å²) in [7, 11) is 0. The Morgan fingerprint density at radius 1 is 1.08 bits per heavy atom. The number of allylic oxidation sites excluding steroid dienone is 1. The number of ether oxygens (including phenoxy) is 1. The van der Waals surface area contributed by atoms with Crippen molar-refractivity contribution in [1.82, 2.24) is 10.2 Å². The maximum Gasteiger partial charge on any atom is 0.425 e. The van der Waals surface area contributed by atoms with E-state index in [0.717, 1.165) is 12.8 Å². The van der Waals surface area contributed by atoms with E-state index in [1.165, 1.54) is 29.2 Å². The quantitative estimate of drug-likeness (QED) is 0.517. The normalized spacial score (nSPS) is 29.5. The lowest BCUT2D eigenvalue weighted by Crippen LogP contribution is -2.67. The van der Waals surface area contributed by atoms with E-state index in [1.807, 2.05) is 46.9 Å². The molecule has 1 fully saturated rings. The molecule has 0 bridgehead atoms. The Balaban J connectivity index is 1.82. The van der Waals surface area contributed by atoms with Crippen LogP contribution in [0.15, 0.2) is 35.5 Å². The molecule has 0 radical (unpaired) electrons. The summed E-state index contributed by atoms with van der Waals surface area (Å²) in [5.74, 6) is -2.50. The van der Waals surface area contributed by atoms with Crippen molar-refractivity contribution in [3.63, 3.8) is 0 Å². The second kappa shape index (κ2) is 9.72. The maximum absolute atomic E-state index is 15.1. The third-order valence-electron chi connectivity index (χ3n) is 8.27. The van der Waals surface area contributed by atoms with Gasteiger partial charge in [-0.2, -0.15) is 13.2 Å². The molecule has 3 aliphatic rings. The Bertz CT molecular complexity index is 1160. The van der Waals surface area contributed by atoms with E-state index < -0.39 is 46.3 Å². The Kier molecular flexibility index (Phi) is 7.21. The number of hydrogen-bond acceptors (Lipinski definition) is 4. The van der Waals surface area contributed by atoms with Crippen molar-refractivity contribution < 1.29 is 32.3 Å². The number of rotatable bonds is 5. The van der Waals surface area contributed by atoms with Crippen LogP contribution in [0.2, 0.25) is 0 Å². The summed E-state index contributed by atoms with van der Waals surface area (Å²) in [4.78, 5) is 42.0. The van der Waals surface area contributed by atoms with Gasteiger partial charge in [0.25, 0.3) is 11.8 Å². The molecule has 4 rings (SSSR count). The molecule has 2 amide bonds. The first-order valence-corrected chi connectivity index (χ1v) is 13.4. The number of alkyl halides is 3. The minimum Gasteiger partial charge on any atom is -0.491 e. The molecule has 1 aliphatic heterocycles. The maximum atomic E-state index is 15.1. The topological polar surface area (TPSA) is 75.7 Å². The predicted molar refractivity (Wildman–Crippen MR) is 136 cm³/mol. The first-order valence-electron chi connectivity index (χ1n) is 13.4. The molecule has 1 aromatic carbocycles. The molecule has 4 unspecified atom stereocenters. The molecule has 0 saturated heterocycles. The SMILES string of the molecule is CC(C)Oc1ccc(C(=O)NC2(C(F)(F)F)C(=O)N(C3CCCC(C)C3C)C3=C2C(=O)CC(C)(C)C3)cc1. The molecule has 4 atom stereocenters. The fourth-order valence-electron chi connectivity index (χ4n) is 6.25. The number of hydrogen-bond donors (Lipinski definition) is 1. The molecular formula is C29H37F3N2O4. The monoisotopic (exact) mass is 534 g/mol. The van der Waals surface area contributed by atoms with E-state index in [9.17, 15) is 14.4 Å².